The van der Waals surface area contributed by atoms with Crippen LogP contribution in [0.15, 0.2) is 0 Å². The second kappa shape index (κ2) is 7.00. The van der Waals surface area contributed by atoms with Crippen LogP contribution in [0.3, 0.4) is 0 Å². The van der Waals surface area contributed by atoms with Crippen molar-refractivity contribution in [2.75, 3.05) is 6.54 Å². The van der Waals surface area contributed by atoms with Gasteiger partial charge in [-0.15, -0.1) is 0 Å². The Morgan fingerprint density at radius 2 is 1.87 bits per heavy atom. The lowest BCUT2D eigenvalue weighted by atomic mass is 9.77. The van der Waals surface area contributed by atoms with E-state index in [0.29, 0.717) is 11.7 Å². The standard InChI is InChI=1S/C13H27NO/c1-6-9-11(4)13(8-3,12(5)15)14-10-7-2/h11,14H,6-10H2,1-5H3. The fourth-order valence-electron chi connectivity index (χ4n) is 2.40. The van der Waals surface area contributed by atoms with Gasteiger partial charge in [0.1, 0.15) is 5.78 Å². The van der Waals surface area contributed by atoms with Gasteiger partial charge < -0.3 is 5.32 Å². The first kappa shape index (κ1) is 14.6. The third-order valence-electron chi connectivity index (χ3n) is 3.44. The molecule has 0 aromatic carbocycles. The zero-order valence-electron chi connectivity index (χ0n) is 11.0. The predicted octanol–water partition coefficient (Wildman–Crippen LogP) is 3.16. The van der Waals surface area contributed by atoms with Gasteiger partial charge in [0, 0.05) is 0 Å². The molecule has 0 rings (SSSR count). The quantitative estimate of drug-likeness (QED) is 0.671. The summed E-state index contributed by atoms with van der Waals surface area (Å²) in [6.45, 7) is 11.3. The van der Waals surface area contributed by atoms with Crippen molar-refractivity contribution in [1.82, 2.24) is 5.32 Å². The lowest BCUT2D eigenvalue weighted by Gasteiger charge is -2.37. The van der Waals surface area contributed by atoms with Crippen molar-refractivity contribution in [3.05, 3.63) is 0 Å². The third-order valence-corrected chi connectivity index (χ3v) is 3.44. The summed E-state index contributed by atoms with van der Waals surface area (Å²) < 4.78 is 0. The van der Waals surface area contributed by atoms with E-state index >= 15 is 0 Å². The number of rotatable bonds is 8. The minimum absolute atomic E-state index is 0.286. The van der Waals surface area contributed by atoms with Crippen molar-refractivity contribution in [3.8, 4) is 0 Å². The smallest absolute Gasteiger partial charge is 0.150 e. The number of carbonyl (C=O) groups excluding carboxylic acids is 1. The highest BCUT2D eigenvalue weighted by atomic mass is 16.1. The molecule has 0 fully saturated rings. The molecule has 2 atom stereocenters. The number of carbonyl (C=O) groups is 1. The summed E-state index contributed by atoms with van der Waals surface area (Å²) in [5, 5.41) is 3.47. The van der Waals surface area contributed by atoms with Gasteiger partial charge in [-0.3, -0.25) is 4.79 Å². The molecule has 0 saturated carbocycles. The second-order valence-corrected chi connectivity index (χ2v) is 4.50. The Morgan fingerprint density at radius 1 is 1.27 bits per heavy atom. The van der Waals surface area contributed by atoms with Gasteiger partial charge in [-0.05, 0) is 38.6 Å². The largest absolute Gasteiger partial charge is 0.305 e. The average molecular weight is 213 g/mol. The molecule has 0 aliphatic rings. The van der Waals surface area contributed by atoms with Crippen molar-refractivity contribution in [2.45, 2.75) is 65.8 Å². The van der Waals surface area contributed by atoms with E-state index in [9.17, 15) is 4.79 Å². The lowest BCUT2D eigenvalue weighted by molar-refractivity contribution is -0.125. The van der Waals surface area contributed by atoms with Gasteiger partial charge >= 0.3 is 0 Å². The van der Waals surface area contributed by atoms with Crippen LogP contribution in [-0.2, 0) is 4.79 Å². The van der Waals surface area contributed by atoms with Gasteiger partial charge in [-0.25, -0.2) is 0 Å². The Balaban J connectivity index is 4.71. The van der Waals surface area contributed by atoms with Gasteiger partial charge in [0.2, 0.25) is 0 Å². The van der Waals surface area contributed by atoms with Gasteiger partial charge in [0.25, 0.3) is 0 Å². The molecule has 2 unspecified atom stereocenters. The van der Waals surface area contributed by atoms with Crippen LogP contribution in [-0.4, -0.2) is 17.9 Å². The fraction of sp³-hybridized carbons (Fsp3) is 0.923. The monoisotopic (exact) mass is 213 g/mol. The summed E-state index contributed by atoms with van der Waals surface area (Å²) in [4.78, 5) is 11.9. The Bertz CT molecular complexity index is 191. The molecular weight excluding hydrogens is 186 g/mol. The van der Waals surface area contributed by atoms with Crippen molar-refractivity contribution < 1.29 is 4.79 Å². The van der Waals surface area contributed by atoms with Crippen molar-refractivity contribution in [2.24, 2.45) is 5.92 Å². The molecule has 90 valence electrons. The molecule has 0 amide bonds. The molecule has 0 aliphatic heterocycles. The van der Waals surface area contributed by atoms with E-state index in [-0.39, 0.29) is 5.54 Å². The third kappa shape index (κ3) is 3.60. The van der Waals surface area contributed by atoms with Crippen LogP contribution >= 0.6 is 0 Å². The number of hydrogen-bond donors (Lipinski definition) is 1. The van der Waals surface area contributed by atoms with E-state index < -0.39 is 0 Å². The first-order valence-corrected chi connectivity index (χ1v) is 6.31. The highest BCUT2D eigenvalue weighted by Crippen LogP contribution is 2.26. The van der Waals surface area contributed by atoms with Crippen LogP contribution in [0.1, 0.15) is 60.3 Å². The van der Waals surface area contributed by atoms with E-state index in [4.69, 9.17) is 0 Å². The van der Waals surface area contributed by atoms with Crippen LogP contribution in [0.4, 0.5) is 0 Å². The molecule has 1 N–H and O–H groups in total. The molecule has 0 aromatic heterocycles. The topological polar surface area (TPSA) is 29.1 Å². The lowest BCUT2D eigenvalue weighted by Crippen LogP contribution is -2.55. The molecule has 0 aromatic rings. The average Bonchev–Trinajstić information content (AvgIpc) is 2.19. The fourth-order valence-corrected chi connectivity index (χ4v) is 2.40. The SMILES string of the molecule is CCCNC(CC)(C(C)=O)C(C)CCC. The highest BCUT2D eigenvalue weighted by molar-refractivity contribution is 5.86. The zero-order valence-corrected chi connectivity index (χ0v) is 11.0. The molecule has 0 radical (unpaired) electrons. The molecule has 15 heavy (non-hydrogen) atoms. The second-order valence-electron chi connectivity index (χ2n) is 4.50. The van der Waals surface area contributed by atoms with E-state index in [1.54, 1.807) is 6.92 Å². The van der Waals surface area contributed by atoms with Crippen LogP contribution in [0.25, 0.3) is 0 Å². The Labute approximate surface area is 94.8 Å². The molecule has 0 aliphatic carbocycles. The number of hydrogen-bond acceptors (Lipinski definition) is 2. The zero-order chi connectivity index (χ0) is 11.9. The predicted molar refractivity (Wildman–Crippen MR) is 66.1 cm³/mol. The van der Waals surface area contributed by atoms with Crippen LogP contribution in [0.2, 0.25) is 0 Å². The van der Waals surface area contributed by atoms with Crippen molar-refractivity contribution >= 4 is 5.78 Å². The number of nitrogens with one attached hydrogen (secondary N) is 1. The van der Waals surface area contributed by atoms with Gasteiger partial charge in [0.15, 0.2) is 0 Å². The summed E-state index contributed by atoms with van der Waals surface area (Å²) in [6.07, 6.45) is 4.23. The Hall–Kier alpha value is -0.370. The van der Waals surface area contributed by atoms with Crippen molar-refractivity contribution in [1.29, 1.82) is 0 Å². The maximum atomic E-state index is 11.9. The summed E-state index contributed by atoms with van der Waals surface area (Å²) >= 11 is 0. The van der Waals surface area contributed by atoms with Gasteiger partial charge in [0.05, 0.1) is 5.54 Å². The van der Waals surface area contributed by atoms with E-state index in [1.807, 2.05) is 0 Å². The van der Waals surface area contributed by atoms with Crippen LogP contribution in [0, 0.1) is 5.92 Å². The maximum absolute atomic E-state index is 11.9. The summed E-state index contributed by atoms with van der Waals surface area (Å²) in [5.41, 5.74) is -0.286. The molecule has 0 heterocycles. The summed E-state index contributed by atoms with van der Waals surface area (Å²) in [5.74, 6) is 0.718. The molecule has 0 spiro atoms. The normalized spacial score (nSPS) is 17.1. The van der Waals surface area contributed by atoms with Crippen LogP contribution < -0.4 is 5.32 Å². The minimum Gasteiger partial charge on any atom is -0.305 e. The molecule has 2 nitrogen and oxygen atoms in total. The van der Waals surface area contributed by atoms with Crippen LogP contribution in [0.5, 0.6) is 0 Å². The Morgan fingerprint density at radius 3 is 2.20 bits per heavy atom. The van der Waals surface area contributed by atoms with E-state index in [0.717, 1.165) is 32.2 Å². The maximum Gasteiger partial charge on any atom is 0.150 e. The van der Waals surface area contributed by atoms with Gasteiger partial charge in [-0.1, -0.05) is 34.1 Å². The molecule has 2 heteroatoms. The number of Topliss-reactive ketones (excluding diaryl/α,β-unsaturated/α-hetero) is 1. The molecule has 0 bridgehead atoms. The first-order valence-electron chi connectivity index (χ1n) is 6.31. The van der Waals surface area contributed by atoms with Crippen molar-refractivity contribution in [3.63, 3.8) is 0 Å². The first-order chi connectivity index (χ1) is 7.05. The Kier molecular flexibility index (Phi) is 6.82. The highest BCUT2D eigenvalue weighted by Gasteiger charge is 2.37. The molecule has 0 saturated heterocycles. The molecular formula is C13H27NO. The summed E-state index contributed by atoms with van der Waals surface area (Å²) in [6, 6.07) is 0. The van der Waals surface area contributed by atoms with E-state index in [2.05, 4.69) is 33.0 Å². The summed E-state index contributed by atoms with van der Waals surface area (Å²) in [7, 11) is 0. The minimum atomic E-state index is -0.286. The van der Waals surface area contributed by atoms with Gasteiger partial charge in [-0.2, -0.15) is 0 Å². The van der Waals surface area contributed by atoms with E-state index in [1.165, 1.54) is 0 Å². The number of ketones is 1.